The Bertz CT molecular complexity index is 691. The van der Waals surface area contributed by atoms with Gasteiger partial charge in [0.1, 0.15) is 0 Å². The maximum Gasteiger partial charge on any atom is -0.0104 e. The molecule has 0 heterocycles. The van der Waals surface area contributed by atoms with Crippen LogP contribution >= 0.6 is 9.24 Å². The summed E-state index contributed by atoms with van der Waals surface area (Å²) < 4.78 is 0. The lowest BCUT2D eigenvalue weighted by atomic mass is 9.87. The zero-order chi connectivity index (χ0) is 17.4. The van der Waals surface area contributed by atoms with Gasteiger partial charge >= 0.3 is 0 Å². The van der Waals surface area contributed by atoms with E-state index in [4.69, 9.17) is 0 Å². The second kappa shape index (κ2) is 8.97. The Balaban J connectivity index is 1.70. The van der Waals surface area contributed by atoms with Crippen LogP contribution < -0.4 is 0 Å². The van der Waals surface area contributed by atoms with E-state index in [0.717, 1.165) is 19.3 Å². The highest BCUT2D eigenvalue weighted by Gasteiger charge is 2.24. The van der Waals surface area contributed by atoms with Crippen LogP contribution in [-0.4, -0.2) is 5.16 Å². The van der Waals surface area contributed by atoms with E-state index in [1.807, 2.05) is 0 Å². The van der Waals surface area contributed by atoms with Crippen LogP contribution in [0.3, 0.4) is 0 Å². The van der Waals surface area contributed by atoms with Crippen LogP contribution in [0.4, 0.5) is 0 Å². The first-order valence-electron chi connectivity index (χ1n) is 9.14. The molecule has 0 aliphatic rings. The molecule has 0 nitrogen and oxygen atoms in total. The maximum absolute atomic E-state index is 3.21. The molecule has 0 spiro atoms. The molecule has 0 aromatic heterocycles. The van der Waals surface area contributed by atoms with Crippen molar-refractivity contribution >= 4 is 9.24 Å². The average Bonchev–Trinajstić information content (AvgIpc) is 2.68. The summed E-state index contributed by atoms with van der Waals surface area (Å²) in [7, 11) is 3.21. The van der Waals surface area contributed by atoms with E-state index in [9.17, 15) is 0 Å². The normalized spacial score (nSPS) is 11.4. The largest absolute Gasteiger partial charge is 0.131 e. The smallest absolute Gasteiger partial charge is 0.0104 e. The molecule has 1 heteroatoms. The lowest BCUT2D eigenvalue weighted by Gasteiger charge is -2.30. The third kappa shape index (κ3) is 5.83. The fourth-order valence-electron chi connectivity index (χ4n) is 3.38. The highest BCUT2D eigenvalue weighted by Crippen LogP contribution is 2.34. The number of aryl methyl sites for hydroxylation is 2. The first kappa shape index (κ1) is 17.9. The van der Waals surface area contributed by atoms with E-state index in [2.05, 4.69) is 100 Å². The van der Waals surface area contributed by atoms with Crippen molar-refractivity contribution in [1.82, 2.24) is 0 Å². The third-order valence-electron chi connectivity index (χ3n) is 4.91. The molecule has 0 aliphatic heterocycles. The van der Waals surface area contributed by atoms with Gasteiger partial charge in [0, 0.05) is 0 Å². The summed E-state index contributed by atoms with van der Waals surface area (Å²) in [5.41, 5.74) is 4.29. The van der Waals surface area contributed by atoms with Crippen LogP contribution in [0.1, 0.15) is 29.5 Å². The summed E-state index contributed by atoms with van der Waals surface area (Å²) in [6.07, 6.45) is 5.74. The number of hydrogen-bond acceptors (Lipinski definition) is 0. The molecular formula is C24H27P. The van der Waals surface area contributed by atoms with Gasteiger partial charge in [0.05, 0.1) is 0 Å². The summed E-state index contributed by atoms with van der Waals surface area (Å²) >= 11 is 0. The van der Waals surface area contributed by atoms with Crippen molar-refractivity contribution in [3.63, 3.8) is 0 Å². The molecule has 1 atom stereocenters. The second-order valence-electron chi connectivity index (χ2n) is 7.00. The van der Waals surface area contributed by atoms with Crippen LogP contribution in [0.15, 0.2) is 91.0 Å². The number of benzene rings is 3. The summed E-state index contributed by atoms with van der Waals surface area (Å²) in [4.78, 5) is 0. The van der Waals surface area contributed by atoms with E-state index < -0.39 is 0 Å². The Morgan fingerprint density at radius 2 is 0.880 bits per heavy atom. The number of rotatable bonds is 8. The summed E-state index contributed by atoms with van der Waals surface area (Å²) in [5.74, 6) is 0. The van der Waals surface area contributed by atoms with Gasteiger partial charge in [-0.05, 0) is 54.0 Å². The summed E-state index contributed by atoms with van der Waals surface area (Å²) in [5, 5.41) is 0.229. The van der Waals surface area contributed by atoms with Crippen LogP contribution in [-0.2, 0) is 19.3 Å². The Labute approximate surface area is 154 Å². The quantitative estimate of drug-likeness (QED) is 0.432. The summed E-state index contributed by atoms with van der Waals surface area (Å²) in [6.45, 7) is 0. The van der Waals surface area contributed by atoms with Gasteiger partial charge in [-0.25, -0.2) is 0 Å². The van der Waals surface area contributed by atoms with Gasteiger partial charge < -0.3 is 0 Å². The molecule has 1 unspecified atom stereocenters. The minimum absolute atomic E-state index is 0.229. The van der Waals surface area contributed by atoms with Crippen molar-refractivity contribution in [3.8, 4) is 0 Å². The topological polar surface area (TPSA) is 0 Å². The van der Waals surface area contributed by atoms with E-state index in [0.29, 0.717) is 0 Å². The van der Waals surface area contributed by atoms with Crippen molar-refractivity contribution in [1.29, 1.82) is 0 Å². The first-order valence-corrected chi connectivity index (χ1v) is 9.72. The summed E-state index contributed by atoms with van der Waals surface area (Å²) in [6, 6.07) is 32.6. The first-order chi connectivity index (χ1) is 12.2. The van der Waals surface area contributed by atoms with Crippen molar-refractivity contribution < 1.29 is 0 Å². The van der Waals surface area contributed by atoms with E-state index in [1.54, 1.807) is 0 Å². The highest BCUT2D eigenvalue weighted by atomic mass is 31.0. The molecule has 0 saturated carbocycles. The van der Waals surface area contributed by atoms with Crippen LogP contribution in [0, 0.1) is 0 Å². The predicted octanol–water partition coefficient (Wildman–Crippen LogP) is 6.11. The van der Waals surface area contributed by atoms with Gasteiger partial charge in [-0.2, -0.15) is 0 Å². The minimum Gasteiger partial charge on any atom is -0.131 e. The molecular weight excluding hydrogens is 319 g/mol. The molecule has 3 aromatic carbocycles. The monoisotopic (exact) mass is 346 g/mol. The van der Waals surface area contributed by atoms with E-state index in [-0.39, 0.29) is 5.16 Å². The molecule has 0 radical (unpaired) electrons. The standard InChI is InChI=1S/C24H27P/c25-24(20-23-14-8-3-9-15-23,18-16-21-10-4-1-5-11-21)19-17-22-12-6-2-7-13-22/h1-15H,16-20,25H2. The van der Waals surface area contributed by atoms with Crippen molar-refractivity contribution in [2.45, 2.75) is 37.3 Å². The fraction of sp³-hybridized carbons (Fsp3) is 0.250. The molecule has 0 saturated heterocycles. The Kier molecular flexibility index (Phi) is 6.42. The van der Waals surface area contributed by atoms with Gasteiger partial charge in [0.2, 0.25) is 0 Å². The van der Waals surface area contributed by atoms with Crippen molar-refractivity contribution in [2.24, 2.45) is 0 Å². The van der Waals surface area contributed by atoms with Crippen molar-refractivity contribution in [3.05, 3.63) is 108 Å². The average molecular weight is 346 g/mol. The zero-order valence-electron chi connectivity index (χ0n) is 14.8. The van der Waals surface area contributed by atoms with Gasteiger partial charge in [0.15, 0.2) is 0 Å². The molecule has 0 N–H and O–H groups in total. The number of hydrogen-bond donors (Lipinski definition) is 0. The Morgan fingerprint density at radius 3 is 1.28 bits per heavy atom. The third-order valence-corrected chi connectivity index (χ3v) is 5.69. The Morgan fingerprint density at radius 1 is 0.520 bits per heavy atom. The lowest BCUT2D eigenvalue weighted by Crippen LogP contribution is -2.26. The molecule has 3 aromatic rings. The van der Waals surface area contributed by atoms with Gasteiger partial charge in [0.25, 0.3) is 0 Å². The van der Waals surface area contributed by atoms with Crippen LogP contribution in [0.5, 0.6) is 0 Å². The molecule has 0 amide bonds. The van der Waals surface area contributed by atoms with Crippen molar-refractivity contribution in [2.75, 3.05) is 0 Å². The maximum atomic E-state index is 3.21. The van der Waals surface area contributed by atoms with Gasteiger partial charge in [-0.3, -0.25) is 0 Å². The SMILES string of the molecule is PC(CCc1ccccc1)(CCc1ccccc1)Cc1ccccc1. The molecule has 128 valence electrons. The molecule has 0 bridgehead atoms. The second-order valence-corrected chi connectivity index (χ2v) is 8.22. The fourth-order valence-corrected chi connectivity index (χ4v) is 3.90. The minimum atomic E-state index is 0.229. The Hall–Kier alpha value is -1.91. The van der Waals surface area contributed by atoms with Crippen LogP contribution in [0.25, 0.3) is 0 Å². The van der Waals surface area contributed by atoms with Gasteiger partial charge in [-0.1, -0.05) is 91.0 Å². The van der Waals surface area contributed by atoms with E-state index >= 15 is 0 Å². The molecule has 3 rings (SSSR count). The zero-order valence-corrected chi connectivity index (χ0v) is 15.9. The predicted molar refractivity (Wildman–Crippen MR) is 112 cm³/mol. The molecule has 0 aliphatic carbocycles. The lowest BCUT2D eigenvalue weighted by molar-refractivity contribution is 0.497. The van der Waals surface area contributed by atoms with Gasteiger partial charge in [-0.15, -0.1) is 9.24 Å². The van der Waals surface area contributed by atoms with Crippen LogP contribution in [0.2, 0.25) is 0 Å². The van der Waals surface area contributed by atoms with E-state index in [1.165, 1.54) is 29.5 Å². The molecule has 0 fully saturated rings. The molecule has 25 heavy (non-hydrogen) atoms. The highest BCUT2D eigenvalue weighted by molar-refractivity contribution is 7.19.